The molecule has 0 unspecified atom stereocenters. The highest BCUT2D eigenvalue weighted by atomic mass is 35.5. The number of benzene rings is 1. The van der Waals surface area contributed by atoms with Crippen LogP contribution in [0.1, 0.15) is 29.9 Å². The molecular weight excluding hydrogens is 605 g/mol. The number of rotatable bonds is 9. The van der Waals surface area contributed by atoms with E-state index in [1.165, 1.54) is 17.1 Å². The number of carbonyl (C=O) groups is 1. The number of amides is 1. The first kappa shape index (κ1) is 30.0. The van der Waals surface area contributed by atoms with Gasteiger partial charge in [0.2, 0.25) is 0 Å². The average Bonchev–Trinajstić information content (AvgIpc) is 3.40. The molecule has 3 aromatic rings. The molecule has 16 heteroatoms. The van der Waals surface area contributed by atoms with Gasteiger partial charge in [0, 0.05) is 36.4 Å². The number of hydrogen-bond acceptors (Lipinski definition) is 10. The van der Waals surface area contributed by atoms with E-state index >= 15 is 0 Å². The van der Waals surface area contributed by atoms with Crippen molar-refractivity contribution in [2.45, 2.75) is 48.0 Å². The smallest absolute Gasteiger partial charge is 0.285 e. The first-order chi connectivity index (χ1) is 19.7. The normalized spacial score (nSPS) is 24.7. The molecule has 4 heterocycles. The molecular formula is C25H26Cl2F2N6O5S. The van der Waals surface area contributed by atoms with Crippen LogP contribution >= 0.6 is 35.0 Å². The zero-order valence-corrected chi connectivity index (χ0v) is 23.9. The molecule has 11 nitrogen and oxygen atoms in total. The number of pyridine rings is 1. The summed E-state index contributed by atoms with van der Waals surface area (Å²) >= 11 is 12.9. The minimum atomic E-state index is -1.31. The van der Waals surface area contributed by atoms with Crippen LogP contribution in [0, 0.1) is 11.6 Å². The van der Waals surface area contributed by atoms with Gasteiger partial charge in [-0.3, -0.25) is 10.2 Å². The van der Waals surface area contributed by atoms with Gasteiger partial charge in [0.15, 0.2) is 0 Å². The van der Waals surface area contributed by atoms with E-state index in [1.807, 2.05) is 0 Å². The highest BCUT2D eigenvalue weighted by Gasteiger charge is 2.48. The standard InChI is InChI=1S/C25H26Cl2F2N6O5S/c1-2-39-23-21(35-10-16(31-33-35)12-6-14(28)19(27)15(29)7-12)22(37)17(11-36)40-25(23)41-18-8-13(26)9-30-20(18)24(38)32-34-4-3-5-34/h6-10,17,21-23,25,36-37H,2-5,11H2,1H3,(H,32,38)/t17-,21+,22+,23-,25-/m1/s1. The SMILES string of the molecule is CCO[C@@H]1[C@@H](n2cc(-c3cc(F)c(Cl)c(F)c3)nn2)[C@@H](O)[C@@H](CO)O[C@@H]1Sc1cc(Cl)cnc1C(=O)NN1CCC1. The molecule has 2 aliphatic heterocycles. The number of halogens is 4. The van der Waals surface area contributed by atoms with Crippen molar-refractivity contribution in [3.05, 3.63) is 58.0 Å². The fourth-order valence-electron chi connectivity index (χ4n) is 4.52. The van der Waals surface area contributed by atoms with E-state index in [0.717, 1.165) is 43.4 Å². The molecule has 2 aromatic heterocycles. The molecule has 0 aliphatic carbocycles. The van der Waals surface area contributed by atoms with E-state index in [9.17, 15) is 23.8 Å². The van der Waals surface area contributed by atoms with Crippen molar-refractivity contribution in [2.24, 2.45) is 0 Å². The zero-order valence-electron chi connectivity index (χ0n) is 21.6. The Labute approximate surface area is 247 Å². The van der Waals surface area contributed by atoms with Gasteiger partial charge in [-0.1, -0.05) is 40.2 Å². The van der Waals surface area contributed by atoms with Gasteiger partial charge >= 0.3 is 0 Å². The summed E-state index contributed by atoms with van der Waals surface area (Å²) in [7, 11) is 0. The quantitative estimate of drug-likeness (QED) is 0.303. The molecule has 2 fully saturated rings. The third kappa shape index (κ3) is 6.34. The van der Waals surface area contributed by atoms with Gasteiger partial charge in [-0.05, 0) is 31.5 Å². The third-order valence-corrected chi connectivity index (χ3v) is 8.42. The van der Waals surface area contributed by atoms with Crippen molar-refractivity contribution in [1.82, 2.24) is 30.4 Å². The maximum Gasteiger partial charge on any atom is 0.285 e. The number of hydrazine groups is 1. The van der Waals surface area contributed by atoms with Gasteiger partial charge in [-0.15, -0.1) is 5.10 Å². The minimum Gasteiger partial charge on any atom is -0.394 e. The molecule has 41 heavy (non-hydrogen) atoms. The number of nitrogens with zero attached hydrogens (tertiary/aromatic N) is 5. The van der Waals surface area contributed by atoms with Gasteiger partial charge in [-0.2, -0.15) is 0 Å². The van der Waals surface area contributed by atoms with Crippen LogP contribution in [-0.2, 0) is 9.47 Å². The average molecular weight is 631 g/mol. The Morgan fingerprint density at radius 1 is 1.27 bits per heavy atom. The number of carbonyl (C=O) groups excluding carboxylic acids is 1. The summed E-state index contributed by atoms with van der Waals surface area (Å²) in [5.74, 6) is -2.35. The molecule has 3 N–H and O–H groups in total. The first-order valence-corrected chi connectivity index (χ1v) is 14.3. The molecule has 1 amide bonds. The summed E-state index contributed by atoms with van der Waals surface area (Å²) < 4.78 is 41.6. The predicted molar refractivity (Wildman–Crippen MR) is 145 cm³/mol. The lowest BCUT2D eigenvalue weighted by molar-refractivity contribution is -0.191. The van der Waals surface area contributed by atoms with Gasteiger partial charge in [0.25, 0.3) is 5.91 Å². The van der Waals surface area contributed by atoms with Gasteiger partial charge in [0.1, 0.15) is 57.8 Å². The monoisotopic (exact) mass is 630 g/mol. The zero-order chi connectivity index (χ0) is 29.3. The topological polar surface area (TPSA) is 135 Å². The Morgan fingerprint density at radius 3 is 2.63 bits per heavy atom. The van der Waals surface area contributed by atoms with Crippen LogP contribution in [0.15, 0.2) is 35.5 Å². The van der Waals surface area contributed by atoms with Crippen molar-refractivity contribution in [1.29, 1.82) is 0 Å². The highest BCUT2D eigenvalue weighted by molar-refractivity contribution is 8.00. The Morgan fingerprint density at radius 2 is 2.00 bits per heavy atom. The predicted octanol–water partition coefficient (Wildman–Crippen LogP) is 3.09. The van der Waals surface area contributed by atoms with Gasteiger partial charge < -0.3 is 19.7 Å². The van der Waals surface area contributed by atoms with Crippen LogP contribution in [0.25, 0.3) is 11.3 Å². The number of nitrogens with one attached hydrogen (secondary N) is 1. The molecule has 0 radical (unpaired) electrons. The number of aromatic nitrogens is 4. The molecule has 2 aliphatic rings. The molecule has 0 bridgehead atoms. The Bertz CT molecular complexity index is 1390. The van der Waals surface area contributed by atoms with Gasteiger partial charge in [-0.25, -0.2) is 23.5 Å². The second-order valence-corrected chi connectivity index (χ2v) is 11.3. The fourth-order valence-corrected chi connectivity index (χ4v) is 6.12. The minimum absolute atomic E-state index is 0.0812. The van der Waals surface area contributed by atoms with Crippen molar-refractivity contribution >= 4 is 40.9 Å². The van der Waals surface area contributed by atoms with Crippen LogP contribution in [0.5, 0.6) is 0 Å². The molecule has 2 saturated heterocycles. The lowest BCUT2D eigenvalue weighted by atomic mass is 9.97. The maximum absolute atomic E-state index is 14.1. The summed E-state index contributed by atoms with van der Waals surface area (Å²) in [4.78, 5) is 17.6. The molecule has 0 saturated carbocycles. The number of aliphatic hydroxyl groups excluding tert-OH is 2. The summed E-state index contributed by atoms with van der Waals surface area (Å²) in [6, 6.07) is 2.66. The van der Waals surface area contributed by atoms with E-state index in [0.29, 0.717) is 4.90 Å². The lowest BCUT2D eigenvalue weighted by Gasteiger charge is -2.43. The van der Waals surface area contributed by atoms with Crippen LogP contribution in [-0.4, -0.2) is 91.2 Å². The maximum atomic E-state index is 14.1. The van der Waals surface area contributed by atoms with E-state index in [-0.39, 0.29) is 28.6 Å². The first-order valence-electron chi connectivity index (χ1n) is 12.7. The highest BCUT2D eigenvalue weighted by Crippen LogP contribution is 2.41. The van der Waals surface area contributed by atoms with Gasteiger partial charge in [0.05, 0.1) is 17.8 Å². The Kier molecular flexibility index (Phi) is 9.40. The van der Waals surface area contributed by atoms with Crippen LogP contribution < -0.4 is 5.43 Å². The van der Waals surface area contributed by atoms with Crippen LogP contribution in [0.3, 0.4) is 0 Å². The fraction of sp³-hybridized carbons (Fsp3) is 0.440. The van der Waals surface area contributed by atoms with E-state index < -0.39 is 59.0 Å². The summed E-state index contributed by atoms with van der Waals surface area (Å²) in [6.07, 6.45) is 0.462. The van der Waals surface area contributed by atoms with Crippen LogP contribution in [0.2, 0.25) is 10.0 Å². The molecule has 0 spiro atoms. The van der Waals surface area contributed by atoms with Crippen molar-refractivity contribution in [3.8, 4) is 11.3 Å². The summed E-state index contributed by atoms with van der Waals surface area (Å²) in [5, 5.41) is 30.8. The van der Waals surface area contributed by atoms with Crippen molar-refractivity contribution in [2.75, 3.05) is 26.3 Å². The molecule has 220 valence electrons. The van der Waals surface area contributed by atoms with Crippen molar-refractivity contribution < 1.29 is 33.3 Å². The largest absolute Gasteiger partial charge is 0.394 e. The summed E-state index contributed by atoms with van der Waals surface area (Å²) in [5.41, 5.74) is 2.22. The lowest BCUT2D eigenvalue weighted by Crippen LogP contribution is -2.56. The van der Waals surface area contributed by atoms with E-state index in [2.05, 4.69) is 20.7 Å². The Balaban J connectivity index is 1.47. The van der Waals surface area contributed by atoms with Crippen molar-refractivity contribution in [3.63, 3.8) is 0 Å². The van der Waals surface area contributed by atoms with E-state index in [4.69, 9.17) is 32.7 Å². The Hall–Kier alpha value is -2.43. The third-order valence-electron chi connectivity index (χ3n) is 6.67. The summed E-state index contributed by atoms with van der Waals surface area (Å²) in [6.45, 7) is 2.88. The molecule has 1 aromatic carbocycles. The van der Waals surface area contributed by atoms with Crippen LogP contribution in [0.4, 0.5) is 8.78 Å². The number of ether oxygens (including phenoxy) is 2. The molecule has 5 rings (SSSR count). The number of thioether (sulfide) groups is 1. The number of aliphatic hydroxyl groups is 2. The second kappa shape index (κ2) is 12.8. The second-order valence-electron chi connectivity index (χ2n) is 9.36. The van der Waals surface area contributed by atoms with E-state index in [1.54, 1.807) is 18.0 Å². The number of hydrogen-bond donors (Lipinski definition) is 3. The molecule has 5 atom stereocenters.